The Balaban J connectivity index is 1.51. The van der Waals surface area contributed by atoms with Crippen LogP contribution in [0.2, 0.25) is 0 Å². The number of fused-ring (bicyclic) bond motifs is 2. The third-order valence-electron chi connectivity index (χ3n) is 8.58. The first-order valence-corrected chi connectivity index (χ1v) is 13.7. The predicted octanol–water partition coefficient (Wildman–Crippen LogP) is 9.79. The van der Waals surface area contributed by atoms with E-state index in [0.29, 0.717) is 0 Å². The van der Waals surface area contributed by atoms with E-state index in [1.165, 1.54) is 61.2 Å². The topological polar surface area (TPSA) is 12.9 Å². The molecule has 0 spiro atoms. The van der Waals surface area contributed by atoms with E-state index in [0.717, 1.165) is 17.8 Å². The van der Waals surface area contributed by atoms with Crippen LogP contribution in [0.25, 0.3) is 48.5 Å². The molecule has 1 aromatic heterocycles. The molecule has 0 aliphatic heterocycles. The maximum atomic E-state index is 4.90. The molecule has 0 bridgehead atoms. The molecular formula is C33H31NS. The minimum absolute atomic E-state index is 0.182. The van der Waals surface area contributed by atoms with Crippen LogP contribution in [0.3, 0.4) is 0 Å². The maximum absolute atomic E-state index is 4.90. The van der Waals surface area contributed by atoms with Gasteiger partial charge in [-0.25, -0.2) is 4.98 Å². The van der Waals surface area contributed by atoms with Crippen molar-refractivity contribution in [3.63, 3.8) is 0 Å². The summed E-state index contributed by atoms with van der Waals surface area (Å²) in [6.07, 6.45) is 13.6. The van der Waals surface area contributed by atoms with Gasteiger partial charge in [-0.2, -0.15) is 0 Å². The molecule has 2 aliphatic rings. The van der Waals surface area contributed by atoms with Gasteiger partial charge < -0.3 is 0 Å². The molecule has 0 amide bonds. The molecule has 1 heterocycles. The largest absolute Gasteiger partial charge is 0.244 e. The average Bonchev–Trinajstić information content (AvgIpc) is 3.35. The number of allylic oxidation sites excluding steroid dienone is 4. The number of hydrogen-bond donors (Lipinski definition) is 0. The molecule has 0 unspecified atom stereocenters. The van der Waals surface area contributed by atoms with E-state index in [-0.39, 0.29) is 10.8 Å². The first-order chi connectivity index (χ1) is 16.8. The van der Waals surface area contributed by atoms with Crippen LogP contribution < -0.4 is 0 Å². The number of nitrogens with zero attached hydrogens (tertiary/aromatic N) is 1. The maximum Gasteiger partial charge on any atom is 0.124 e. The summed E-state index contributed by atoms with van der Waals surface area (Å²) >= 11 is 1.81. The summed E-state index contributed by atoms with van der Waals surface area (Å²) in [7, 11) is 0. The lowest BCUT2D eigenvalue weighted by atomic mass is 9.61. The first kappa shape index (κ1) is 21.3. The Morgan fingerprint density at radius 1 is 0.800 bits per heavy atom. The van der Waals surface area contributed by atoms with Gasteiger partial charge >= 0.3 is 0 Å². The van der Waals surface area contributed by atoms with Crippen LogP contribution in [-0.4, -0.2) is 4.98 Å². The smallest absolute Gasteiger partial charge is 0.124 e. The molecule has 2 aliphatic carbocycles. The van der Waals surface area contributed by atoms with Gasteiger partial charge in [-0.3, -0.25) is 0 Å². The lowest BCUT2D eigenvalue weighted by molar-refractivity contribution is 0.335. The molecule has 7 rings (SSSR count). The van der Waals surface area contributed by atoms with E-state index in [9.17, 15) is 0 Å². The molecule has 0 fully saturated rings. The quantitative estimate of drug-likeness (QED) is 0.232. The lowest BCUT2D eigenvalue weighted by Gasteiger charge is -2.43. The zero-order chi connectivity index (χ0) is 23.9. The van der Waals surface area contributed by atoms with Crippen molar-refractivity contribution < 1.29 is 0 Å². The van der Waals surface area contributed by atoms with Crippen LogP contribution in [-0.2, 0) is 10.8 Å². The summed E-state index contributed by atoms with van der Waals surface area (Å²) in [5, 5.41) is 9.40. The lowest BCUT2D eigenvalue weighted by Crippen LogP contribution is -2.34. The summed E-state index contributed by atoms with van der Waals surface area (Å²) in [4.78, 5) is 6.16. The standard InChI is InChI=1S/C33H31NS/c1-32(2)16-17-33(3,4)30-25-15-11-21-10-14-24(23-13-12-22(18-26(30)32)29(25)28(21)23)31-34-19-27(35-31)20-8-6-5-7-9-20/h6,8-15,18-19H,5,7,16-17H2,1-4H3. The van der Waals surface area contributed by atoms with Crippen molar-refractivity contribution in [3.8, 4) is 10.6 Å². The van der Waals surface area contributed by atoms with Crippen molar-refractivity contribution >= 4 is 49.2 Å². The minimum Gasteiger partial charge on any atom is -0.244 e. The summed E-state index contributed by atoms with van der Waals surface area (Å²) in [6, 6.07) is 16.5. The van der Waals surface area contributed by atoms with E-state index < -0.39 is 0 Å². The van der Waals surface area contributed by atoms with Crippen LogP contribution in [0, 0.1) is 0 Å². The normalized spacial score (nSPS) is 18.9. The molecule has 0 radical (unpaired) electrons. The molecule has 0 N–H and O–H groups in total. The number of benzene rings is 4. The zero-order valence-electron chi connectivity index (χ0n) is 21.0. The number of hydrogen-bond acceptors (Lipinski definition) is 2. The molecule has 4 aromatic carbocycles. The second kappa shape index (κ2) is 7.27. The fraction of sp³-hybridized carbons (Fsp3) is 0.303. The molecule has 2 heteroatoms. The van der Waals surface area contributed by atoms with Crippen LogP contribution in [0.1, 0.15) is 69.4 Å². The number of aromatic nitrogens is 1. The molecule has 0 atom stereocenters. The summed E-state index contributed by atoms with van der Waals surface area (Å²) in [6.45, 7) is 9.73. The van der Waals surface area contributed by atoms with Gasteiger partial charge in [-0.05, 0) is 85.5 Å². The molecule has 0 saturated heterocycles. The molecule has 1 nitrogen and oxygen atoms in total. The van der Waals surface area contributed by atoms with E-state index in [1.807, 2.05) is 11.3 Å². The second-order valence-electron chi connectivity index (χ2n) is 11.8. The number of rotatable bonds is 2. The van der Waals surface area contributed by atoms with E-state index in [1.54, 1.807) is 11.1 Å². The van der Waals surface area contributed by atoms with Crippen molar-refractivity contribution in [2.45, 2.75) is 64.2 Å². The molecule has 5 aromatic rings. The Hall–Kier alpha value is -2.97. The third-order valence-corrected chi connectivity index (χ3v) is 9.66. The Labute approximate surface area is 211 Å². The van der Waals surface area contributed by atoms with Gasteiger partial charge in [0.1, 0.15) is 5.01 Å². The second-order valence-corrected chi connectivity index (χ2v) is 12.8. The fourth-order valence-corrected chi connectivity index (χ4v) is 7.51. The predicted molar refractivity (Wildman–Crippen MR) is 153 cm³/mol. The number of thiazole rings is 1. The fourth-order valence-electron chi connectivity index (χ4n) is 6.54. The van der Waals surface area contributed by atoms with Crippen molar-refractivity contribution in [2.75, 3.05) is 0 Å². The Morgan fingerprint density at radius 2 is 1.54 bits per heavy atom. The Bertz CT molecular complexity index is 1690. The highest BCUT2D eigenvalue weighted by Gasteiger charge is 2.38. The first-order valence-electron chi connectivity index (χ1n) is 12.9. The summed E-state index contributed by atoms with van der Waals surface area (Å²) in [5.41, 5.74) is 6.06. The van der Waals surface area contributed by atoms with Gasteiger partial charge in [0, 0.05) is 11.8 Å². The van der Waals surface area contributed by atoms with Crippen LogP contribution in [0.4, 0.5) is 0 Å². The van der Waals surface area contributed by atoms with Gasteiger partial charge in [0.15, 0.2) is 0 Å². The van der Waals surface area contributed by atoms with Gasteiger partial charge in [-0.15, -0.1) is 11.3 Å². The SMILES string of the molecule is CC1(C)CCC(C)(C)c2c1cc1ccc3c(-c4ncc(C5=CCCC=C5)s4)ccc4ccc2c1c43. The van der Waals surface area contributed by atoms with Crippen LogP contribution in [0.5, 0.6) is 0 Å². The average molecular weight is 474 g/mol. The van der Waals surface area contributed by atoms with Gasteiger partial charge in [-0.1, -0.05) is 88.4 Å². The van der Waals surface area contributed by atoms with E-state index in [4.69, 9.17) is 4.98 Å². The Morgan fingerprint density at radius 3 is 2.37 bits per heavy atom. The molecular weight excluding hydrogens is 442 g/mol. The molecule has 174 valence electrons. The monoisotopic (exact) mass is 473 g/mol. The molecule has 0 saturated carbocycles. The minimum atomic E-state index is 0.182. The summed E-state index contributed by atoms with van der Waals surface area (Å²) < 4.78 is 0. The van der Waals surface area contributed by atoms with Crippen molar-refractivity contribution in [1.82, 2.24) is 4.98 Å². The van der Waals surface area contributed by atoms with Gasteiger partial charge in [0.05, 0.1) is 4.88 Å². The van der Waals surface area contributed by atoms with Crippen molar-refractivity contribution in [1.29, 1.82) is 0 Å². The summed E-state index contributed by atoms with van der Waals surface area (Å²) in [5.74, 6) is 0. The van der Waals surface area contributed by atoms with Crippen molar-refractivity contribution in [2.24, 2.45) is 0 Å². The molecule has 35 heavy (non-hydrogen) atoms. The Kier molecular flexibility index (Phi) is 4.43. The van der Waals surface area contributed by atoms with Crippen LogP contribution >= 0.6 is 11.3 Å². The van der Waals surface area contributed by atoms with E-state index in [2.05, 4.69) is 94.6 Å². The van der Waals surface area contributed by atoms with Gasteiger partial charge in [0.25, 0.3) is 0 Å². The highest BCUT2D eigenvalue weighted by Crippen LogP contribution is 2.51. The highest BCUT2D eigenvalue weighted by molar-refractivity contribution is 7.16. The van der Waals surface area contributed by atoms with Crippen LogP contribution in [0.15, 0.2) is 66.9 Å². The van der Waals surface area contributed by atoms with Gasteiger partial charge in [0.2, 0.25) is 0 Å². The van der Waals surface area contributed by atoms with Crippen molar-refractivity contribution in [3.05, 3.63) is 82.9 Å². The third kappa shape index (κ3) is 3.09. The highest BCUT2D eigenvalue weighted by atomic mass is 32.1. The zero-order valence-corrected chi connectivity index (χ0v) is 21.9. The van der Waals surface area contributed by atoms with E-state index >= 15 is 0 Å².